The highest BCUT2D eigenvalue weighted by Gasteiger charge is 2.23. The number of anilines is 1. The standard InChI is InChI=1S/C15H11N3O6/c1-24-15(23)12-11(17)7(5-16)6-18(12)8-2-3-9(13(19)20)10(4-8)14(21)22/h2-4,6H,17H2,1H3,(H,19,20)(H,21,22). The summed E-state index contributed by atoms with van der Waals surface area (Å²) in [5.41, 5.74) is 4.73. The van der Waals surface area contributed by atoms with Gasteiger partial charge in [0.05, 0.1) is 29.5 Å². The van der Waals surface area contributed by atoms with Gasteiger partial charge in [-0.1, -0.05) is 0 Å². The normalized spacial score (nSPS) is 10.0. The van der Waals surface area contributed by atoms with Crippen molar-refractivity contribution in [2.75, 3.05) is 12.8 Å². The van der Waals surface area contributed by atoms with E-state index in [1.165, 1.54) is 16.8 Å². The highest BCUT2D eigenvalue weighted by Crippen LogP contribution is 2.26. The van der Waals surface area contributed by atoms with E-state index in [1.807, 2.05) is 6.07 Å². The lowest BCUT2D eigenvalue weighted by molar-refractivity contribution is 0.0591. The van der Waals surface area contributed by atoms with Gasteiger partial charge in [0, 0.05) is 11.9 Å². The van der Waals surface area contributed by atoms with E-state index in [1.54, 1.807) is 0 Å². The number of nitrogen functional groups attached to an aromatic ring is 1. The van der Waals surface area contributed by atoms with Gasteiger partial charge < -0.3 is 25.3 Å². The zero-order chi connectivity index (χ0) is 18.0. The summed E-state index contributed by atoms with van der Waals surface area (Å²) < 4.78 is 5.80. The summed E-state index contributed by atoms with van der Waals surface area (Å²) >= 11 is 0. The molecule has 9 heteroatoms. The molecule has 4 N–H and O–H groups in total. The number of nitrogens with zero attached hydrogens (tertiary/aromatic N) is 2. The lowest BCUT2D eigenvalue weighted by atomic mass is 10.1. The second kappa shape index (κ2) is 6.13. The minimum Gasteiger partial charge on any atom is -0.478 e. The van der Waals surface area contributed by atoms with Crippen molar-refractivity contribution in [3.8, 4) is 11.8 Å². The quantitative estimate of drug-likeness (QED) is 0.704. The lowest BCUT2D eigenvalue weighted by Gasteiger charge is -2.10. The van der Waals surface area contributed by atoms with Crippen LogP contribution in [0.25, 0.3) is 5.69 Å². The molecule has 1 aromatic heterocycles. The number of aromatic nitrogens is 1. The number of hydrogen-bond acceptors (Lipinski definition) is 6. The van der Waals surface area contributed by atoms with E-state index < -0.39 is 29.0 Å². The molecule has 0 aliphatic rings. The second-order valence-electron chi connectivity index (χ2n) is 4.62. The molecule has 2 rings (SSSR count). The summed E-state index contributed by atoms with van der Waals surface area (Å²) in [5.74, 6) is -3.68. The molecule has 9 nitrogen and oxygen atoms in total. The highest BCUT2D eigenvalue weighted by atomic mass is 16.5. The SMILES string of the molecule is COC(=O)c1c(N)c(C#N)cn1-c1ccc(C(=O)O)c(C(=O)O)c1. The molecule has 0 spiro atoms. The maximum Gasteiger partial charge on any atom is 0.357 e. The number of methoxy groups -OCH3 is 1. The maximum absolute atomic E-state index is 11.9. The number of esters is 1. The molecule has 0 unspecified atom stereocenters. The first-order chi connectivity index (χ1) is 11.3. The van der Waals surface area contributed by atoms with Crippen molar-refractivity contribution in [2.24, 2.45) is 0 Å². The summed E-state index contributed by atoms with van der Waals surface area (Å²) in [6.45, 7) is 0. The monoisotopic (exact) mass is 329 g/mol. The largest absolute Gasteiger partial charge is 0.478 e. The number of ether oxygens (including phenoxy) is 1. The number of carbonyl (C=O) groups excluding carboxylic acids is 1. The number of carboxylic acid groups (broad SMARTS) is 2. The van der Waals surface area contributed by atoms with Gasteiger partial charge in [-0.2, -0.15) is 5.26 Å². The second-order valence-corrected chi connectivity index (χ2v) is 4.62. The van der Waals surface area contributed by atoms with Crippen LogP contribution in [0.15, 0.2) is 24.4 Å². The van der Waals surface area contributed by atoms with Crippen LogP contribution in [-0.4, -0.2) is 39.8 Å². The summed E-state index contributed by atoms with van der Waals surface area (Å²) in [5, 5.41) is 27.3. The van der Waals surface area contributed by atoms with Crippen LogP contribution in [0.2, 0.25) is 0 Å². The van der Waals surface area contributed by atoms with Crippen molar-refractivity contribution in [1.29, 1.82) is 5.26 Å². The third-order valence-electron chi connectivity index (χ3n) is 3.29. The molecule has 0 bridgehead atoms. The topological polar surface area (TPSA) is 156 Å². The molecule has 24 heavy (non-hydrogen) atoms. The Balaban J connectivity index is 2.76. The Labute approximate surface area is 135 Å². The first-order valence-electron chi connectivity index (χ1n) is 6.42. The minimum atomic E-state index is -1.45. The van der Waals surface area contributed by atoms with Crippen molar-refractivity contribution >= 4 is 23.6 Å². The molecule has 122 valence electrons. The van der Waals surface area contributed by atoms with Gasteiger partial charge in [0.1, 0.15) is 6.07 Å². The molecule has 0 aliphatic heterocycles. The van der Waals surface area contributed by atoms with Crippen molar-refractivity contribution in [2.45, 2.75) is 0 Å². The maximum atomic E-state index is 11.9. The van der Waals surface area contributed by atoms with Crippen LogP contribution >= 0.6 is 0 Å². The van der Waals surface area contributed by atoms with E-state index >= 15 is 0 Å². The number of nitrogens with two attached hydrogens (primary N) is 1. The van der Waals surface area contributed by atoms with E-state index in [2.05, 4.69) is 4.74 Å². The van der Waals surface area contributed by atoms with Crippen LogP contribution in [0.3, 0.4) is 0 Å². The average molecular weight is 329 g/mol. The zero-order valence-electron chi connectivity index (χ0n) is 12.3. The Morgan fingerprint density at radius 1 is 1.21 bits per heavy atom. The molecule has 0 saturated heterocycles. The number of rotatable bonds is 4. The fourth-order valence-corrected chi connectivity index (χ4v) is 2.16. The van der Waals surface area contributed by atoms with Crippen LogP contribution in [0.5, 0.6) is 0 Å². The number of carboxylic acids is 2. The van der Waals surface area contributed by atoms with Crippen LogP contribution in [-0.2, 0) is 4.74 Å². The van der Waals surface area contributed by atoms with Crippen LogP contribution < -0.4 is 5.73 Å². The molecule has 0 aliphatic carbocycles. The highest BCUT2D eigenvalue weighted by molar-refractivity contribution is 6.02. The number of benzene rings is 1. The molecule has 0 radical (unpaired) electrons. The lowest BCUT2D eigenvalue weighted by Crippen LogP contribution is -2.13. The Hall–Kier alpha value is -3.80. The molecule has 0 atom stereocenters. The van der Waals surface area contributed by atoms with Crippen LogP contribution in [0.1, 0.15) is 36.8 Å². The van der Waals surface area contributed by atoms with E-state index in [4.69, 9.17) is 16.1 Å². The molecular weight excluding hydrogens is 318 g/mol. The minimum absolute atomic E-state index is 0.00501. The van der Waals surface area contributed by atoms with Crippen molar-refractivity contribution in [1.82, 2.24) is 4.57 Å². The predicted octanol–water partition coefficient (Wildman–Crippen LogP) is 1.11. The van der Waals surface area contributed by atoms with Gasteiger partial charge in [0.25, 0.3) is 0 Å². The fourth-order valence-electron chi connectivity index (χ4n) is 2.16. The number of aromatic carboxylic acids is 2. The van der Waals surface area contributed by atoms with Crippen LogP contribution in [0.4, 0.5) is 5.69 Å². The van der Waals surface area contributed by atoms with Gasteiger partial charge in [-0.3, -0.25) is 0 Å². The van der Waals surface area contributed by atoms with Gasteiger partial charge in [-0.05, 0) is 18.2 Å². The number of hydrogen-bond donors (Lipinski definition) is 3. The number of nitriles is 1. The van der Waals surface area contributed by atoms with E-state index in [0.29, 0.717) is 0 Å². The van der Waals surface area contributed by atoms with E-state index in [0.717, 1.165) is 19.2 Å². The number of carbonyl (C=O) groups is 3. The molecule has 0 saturated carbocycles. The molecule has 1 heterocycles. The fraction of sp³-hybridized carbons (Fsp3) is 0.0667. The van der Waals surface area contributed by atoms with Gasteiger partial charge in [0.15, 0.2) is 5.69 Å². The van der Waals surface area contributed by atoms with Gasteiger partial charge in [-0.25, -0.2) is 14.4 Å². The van der Waals surface area contributed by atoms with E-state index in [9.17, 15) is 19.5 Å². The summed E-state index contributed by atoms with van der Waals surface area (Å²) in [6, 6.07) is 5.26. The van der Waals surface area contributed by atoms with E-state index in [-0.39, 0.29) is 22.6 Å². The predicted molar refractivity (Wildman–Crippen MR) is 80.2 cm³/mol. The molecule has 2 aromatic rings. The van der Waals surface area contributed by atoms with Gasteiger partial charge in [0.2, 0.25) is 0 Å². The summed E-state index contributed by atoms with van der Waals surface area (Å²) in [4.78, 5) is 34.3. The van der Waals surface area contributed by atoms with Crippen molar-refractivity contribution in [3.05, 3.63) is 46.8 Å². The van der Waals surface area contributed by atoms with Crippen molar-refractivity contribution in [3.63, 3.8) is 0 Å². The molecule has 1 aromatic carbocycles. The summed E-state index contributed by atoms with van der Waals surface area (Å²) in [6.07, 6.45) is 1.24. The molecular formula is C15H11N3O6. The van der Waals surface area contributed by atoms with Gasteiger partial charge >= 0.3 is 17.9 Å². The Morgan fingerprint density at radius 2 is 1.83 bits per heavy atom. The zero-order valence-corrected chi connectivity index (χ0v) is 12.3. The molecule has 0 fully saturated rings. The Bertz CT molecular complexity index is 907. The summed E-state index contributed by atoms with van der Waals surface area (Å²) in [7, 11) is 1.13. The Kier molecular flexibility index (Phi) is 4.23. The van der Waals surface area contributed by atoms with Crippen molar-refractivity contribution < 1.29 is 29.3 Å². The first-order valence-corrected chi connectivity index (χ1v) is 6.42. The third-order valence-corrected chi connectivity index (χ3v) is 3.29. The third kappa shape index (κ3) is 2.64. The molecule has 0 amide bonds. The van der Waals surface area contributed by atoms with Crippen LogP contribution in [0, 0.1) is 11.3 Å². The smallest absolute Gasteiger partial charge is 0.357 e. The van der Waals surface area contributed by atoms with Gasteiger partial charge in [-0.15, -0.1) is 0 Å². The first kappa shape index (κ1) is 16.6. The Morgan fingerprint density at radius 3 is 2.33 bits per heavy atom. The average Bonchev–Trinajstić information content (AvgIpc) is 2.89.